The van der Waals surface area contributed by atoms with Gasteiger partial charge in [-0.15, -0.1) is 16.7 Å². The lowest BCUT2D eigenvalue weighted by Crippen LogP contribution is -2.12. The number of aromatic nitrogens is 3. The third-order valence-electron chi connectivity index (χ3n) is 1.43. The number of alkyl halides is 1. The van der Waals surface area contributed by atoms with Gasteiger partial charge in [0.1, 0.15) is 5.88 Å². The average Bonchev–Trinajstić information content (AvgIpc) is 2.52. The van der Waals surface area contributed by atoms with Crippen molar-refractivity contribution in [2.75, 3.05) is 11.2 Å². The zero-order valence-electron chi connectivity index (χ0n) is 7.49. The van der Waals surface area contributed by atoms with Crippen molar-refractivity contribution in [3.05, 3.63) is 6.20 Å². The van der Waals surface area contributed by atoms with Gasteiger partial charge in [-0.3, -0.25) is 4.79 Å². The second-order valence-electron chi connectivity index (χ2n) is 2.86. The van der Waals surface area contributed by atoms with E-state index < -0.39 is 0 Å². The first-order valence-corrected chi connectivity index (χ1v) is 4.44. The molecule has 0 bridgehead atoms. The van der Waals surface area contributed by atoms with Crippen LogP contribution in [0, 0.1) is 0 Å². The Morgan fingerprint density at radius 2 is 2.46 bits per heavy atom. The van der Waals surface area contributed by atoms with E-state index in [9.17, 15) is 4.79 Å². The molecule has 0 fully saturated rings. The third kappa shape index (κ3) is 2.69. The van der Waals surface area contributed by atoms with E-state index >= 15 is 0 Å². The first-order chi connectivity index (χ1) is 6.13. The van der Waals surface area contributed by atoms with Crippen LogP contribution in [-0.4, -0.2) is 26.8 Å². The predicted octanol–water partition coefficient (Wildman–Crippen LogP) is 1.04. The summed E-state index contributed by atoms with van der Waals surface area (Å²) < 4.78 is 1.66. The zero-order chi connectivity index (χ0) is 9.84. The standard InChI is InChI=1S/C7H11ClN4O/c1-5(2)12-4-6(10-11-12)9-7(13)3-8/h4-5H,3H2,1-2H3,(H,9,13). The van der Waals surface area contributed by atoms with E-state index in [1.165, 1.54) is 0 Å². The molecule has 0 aliphatic heterocycles. The summed E-state index contributed by atoms with van der Waals surface area (Å²) in [6, 6.07) is 0.231. The number of hydrogen-bond donors (Lipinski definition) is 1. The van der Waals surface area contributed by atoms with Gasteiger partial charge in [-0.2, -0.15) is 0 Å². The highest BCUT2D eigenvalue weighted by Gasteiger charge is 2.05. The van der Waals surface area contributed by atoms with Gasteiger partial charge in [-0.25, -0.2) is 4.68 Å². The molecule has 1 amide bonds. The van der Waals surface area contributed by atoms with Crippen LogP contribution in [0.3, 0.4) is 0 Å². The fourth-order valence-electron chi connectivity index (χ4n) is 0.763. The monoisotopic (exact) mass is 202 g/mol. The maximum Gasteiger partial charge on any atom is 0.240 e. The number of hydrogen-bond acceptors (Lipinski definition) is 3. The maximum atomic E-state index is 10.8. The second-order valence-corrected chi connectivity index (χ2v) is 3.13. The first-order valence-electron chi connectivity index (χ1n) is 3.91. The number of nitrogens with one attached hydrogen (secondary N) is 1. The minimum atomic E-state index is -0.280. The SMILES string of the molecule is CC(C)n1cc(NC(=O)CCl)nn1. The van der Waals surface area contributed by atoms with Crippen molar-refractivity contribution < 1.29 is 4.79 Å². The summed E-state index contributed by atoms with van der Waals surface area (Å²) in [5.41, 5.74) is 0. The lowest BCUT2D eigenvalue weighted by atomic mass is 10.4. The number of anilines is 1. The van der Waals surface area contributed by atoms with Crippen LogP contribution < -0.4 is 5.32 Å². The minimum Gasteiger partial charge on any atom is -0.307 e. The normalized spacial score (nSPS) is 10.5. The Morgan fingerprint density at radius 1 is 1.77 bits per heavy atom. The molecule has 1 N–H and O–H groups in total. The van der Waals surface area contributed by atoms with Crippen LogP contribution in [0.25, 0.3) is 0 Å². The number of nitrogens with zero attached hydrogens (tertiary/aromatic N) is 3. The van der Waals surface area contributed by atoms with Crippen molar-refractivity contribution in [1.82, 2.24) is 15.0 Å². The number of rotatable bonds is 3. The highest BCUT2D eigenvalue weighted by atomic mass is 35.5. The van der Waals surface area contributed by atoms with E-state index in [0.717, 1.165) is 0 Å². The minimum absolute atomic E-state index is 0.0749. The molecule has 1 heterocycles. The van der Waals surface area contributed by atoms with Crippen molar-refractivity contribution in [1.29, 1.82) is 0 Å². The van der Waals surface area contributed by atoms with E-state index in [1.807, 2.05) is 13.8 Å². The summed E-state index contributed by atoms with van der Waals surface area (Å²) >= 11 is 5.30. The lowest BCUT2D eigenvalue weighted by Gasteiger charge is -2.01. The smallest absolute Gasteiger partial charge is 0.240 e. The Hall–Kier alpha value is -1.10. The van der Waals surface area contributed by atoms with Crippen molar-refractivity contribution in [2.24, 2.45) is 0 Å². The molecule has 0 aliphatic carbocycles. The summed E-state index contributed by atoms with van der Waals surface area (Å²) in [6.07, 6.45) is 1.66. The van der Waals surface area contributed by atoms with Crippen LogP contribution in [-0.2, 0) is 4.79 Å². The van der Waals surface area contributed by atoms with Gasteiger partial charge in [-0.1, -0.05) is 5.21 Å². The molecule has 72 valence electrons. The number of carbonyl (C=O) groups excluding carboxylic acids is 1. The molecule has 0 saturated carbocycles. The highest BCUT2D eigenvalue weighted by molar-refractivity contribution is 6.28. The molecule has 1 aromatic rings. The van der Waals surface area contributed by atoms with E-state index in [1.54, 1.807) is 10.9 Å². The molecule has 13 heavy (non-hydrogen) atoms. The highest BCUT2D eigenvalue weighted by Crippen LogP contribution is 2.06. The van der Waals surface area contributed by atoms with E-state index in [-0.39, 0.29) is 17.8 Å². The average molecular weight is 203 g/mol. The number of amides is 1. The fourth-order valence-corrected chi connectivity index (χ4v) is 0.829. The molecule has 0 saturated heterocycles. The van der Waals surface area contributed by atoms with E-state index in [0.29, 0.717) is 5.82 Å². The second kappa shape index (κ2) is 4.23. The van der Waals surface area contributed by atoms with E-state index in [2.05, 4.69) is 15.6 Å². The molecule has 1 rings (SSSR count). The predicted molar refractivity (Wildman–Crippen MR) is 49.8 cm³/mol. The molecule has 6 heteroatoms. The largest absolute Gasteiger partial charge is 0.307 e. The Morgan fingerprint density at radius 3 is 2.92 bits per heavy atom. The van der Waals surface area contributed by atoms with Gasteiger partial charge in [0.2, 0.25) is 5.91 Å². The third-order valence-corrected chi connectivity index (χ3v) is 1.67. The Kier molecular flexibility index (Phi) is 3.25. The quantitative estimate of drug-likeness (QED) is 0.745. The lowest BCUT2D eigenvalue weighted by molar-refractivity contribution is -0.113. The molecule has 0 unspecified atom stereocenters. The summed E-state index contributed by atoms with van der Waals surface area (Å²) in [4.78, 5) is 10.8. The Balaban J connectivity index is 2.64. The summed E-state index contributed by atoms with van der Waals surface area (Å²) in [6.45, 7) is 3.95. The number of carbonyl (C=O) groups is 1. The van der Waals surface area contributed by atoms with Crippen molar-refractivity contribution in [2.45, 2.75) is 19.9 Å². The molecular formula is C7H11ClN4O. The molecule has 0 aromatic carbocycles. The molecular weight excluding hydrogens is 192 g/mol. The van der Waals surface area contributed by atoms with Gasteiger partial charge in [0, 0.05) is 6.04 Å². The Bertz CT molecular complexity index is 296. The summed E-state index contributed by atoms with van der Waals surface area (Å²) in [5, 5.41) is 10.1. The van der Waals surface area contributed by atoms with Gasteiger partial charge in [0.05, 0.1) is 6.20 Å². The van der Waals surface area contributed by atoms with Crippen molar-refractivity contribution >= 4 is 23.3 Å². The van der Waals surface area contributed by atoms with Gasteiger partial charge in [-0.05, 0) is 13.8 Å². The van der Waals surface area contributed by atoms with Crippen LogP contribution in [0.4, 0.5) is 5.82 Å². The zero-order valence-corrected chi connectivity index (χ0v) is 8.25. The van der Waals surface area contributed by atoms with E-state index in [4.69, 9.17) is 11.6 Å². The van der Waals surface area contributed by atoms with Gasteiger partial charge >= 0.3 is 0 Å². The topological polar surface area (TPSA) is 59.8 Å². The summed E-state index contributed by atoms with van der Waals surface area (Å²) in [5.74, 6) is 0.0750. The Labute approximate surface area is 81.1 Å². The van der Waals surface area contributed by atoms with Crippen LogP contribution in [0.15, 0.2) is 6.20 Å². The maximum absolute atomic E-state index is 10.8. The first kappa shape index (κ1) is 9.98. The van der Waals surface area contributed by atoms with Gasteiger partial charge in [0.15, 0.2) is 5.82 Å². The molecule has 0 radical (unpaired) electrons. The fraction of sp³-hybridized carbons (Fsp3) is 0.571. The number of halogens is 1. The molecule has 0 atom stereocenters. The molecule has 5 nitrogen and oxygen atoms in total. The molecule has 0 aliphatic rings. The molecule has 1 aromatic heterocycles. The van der Waals surface area contributed by atoms with Crippen molar-refractivity contribution in [3.8, 4) is 0 Å². The van der Waals surface area contributed by atoms with Gasteiger partial charge < -0.3 is 5.32 Å². The molecule has 0 spiro atoms. The van der Waals surface area contributed by atoms with Gasteiger partial charge in [0.25, 0.3) is 0 Å². The van der Waals surface area contributed by atoms with Crippen LogP contribution in [0.2, 0.25) is 0 Å². The van der Waals surface area contributed by atoms with Crippen LogP contribution in [0.1, 0.15) is 19.9 Å². The van der Waals surface area contributed by atoms with Crippen molar-refractivity contribution in [3.63, 3.8) is 0 Å². The van der Waals surface area contributed by atoms with Crippen LogP contribution >= 0.6 is 11.6 Å². The summed E-state index contributed by atoms with van der Waals surface area (Å²) in [7, 11) is 0. The van der Waals surface area contributed by atoms with Crippen LogP contribution in [0.5, 0.6) is 0 Å².